The van der Waals surface area contributed by atoms with Crippen LogP contribution >= 0.6 is 11.8 Å². The highest BCUT2D eigenvalue weighted by Gasteiger charge is 2.39. The molecule has 2 amide bonds. The summed E-state index contributed by atoms with van der Waals surface area (Å²) in [6, 6.07) is 12.7. The number of pyridine rings is 1. The van der Waals surface area contributed by atoms with Gasteiger partial charge >= 0.3 is 12.1 Å². The molecular weight excluding hydrogens is 496 g/mol. The van der Waals surface area contributed by atoms with Crippen molar-refractivity contribution in [2.75, 3.05) is 29.1 Å². The third-order valence-electron chi connectivity index (χ3n) is 7.01. The summed E-state index contributed by atoms with van der Waals surface area (Å²) in [5.74, 6) is -0.760. The van der Waals surface area contributed by atoms with E-state index in [1.807, 2.05) is 30.3 Å². The molecule has 2 aromatic carbocycles. The van der Waals surface area contributed by atoms with Gasteiger partial charge in [-0.3, -0.25) is 19.1 Å². The number of carboxylic acids is 1. The first kappa shape index (κ1) is 23.6. The third-order valence-corrected chi connectivity index (χ3v) is 8.09. The first-order valence-electron chi connectivity index (χ1n) is 12.1. The zero-order valence-electron chi connectivity index (χ0n) is 19.7. The van der Waals surface area contributed by atoms with E-state index in [1.165, 1.54) is 22.4 Å². The SMILES string of the molecule is O=C1CSc2ccc(N3C[C@@H](CCCN[C@@H]4c5cccc6ccc(=O)n(c56)[C@H]4C(=O)O)OC3=O)cc2N1. The van der Waals surface area contributed by atoms with Crippen LogP contribution in [0.4, 0.5) is 16.2 Å². The predicted octanol–water partition coefficient (Wildman–Crippen LogP) is 3.12. The molecule has 1 aromatic heterocycles. The number of nitrogens with zero attached hydrogens (tertiary/aromatic N) is 2. The van der Waals surface area contributed by atoms with Gasteiger partial charge in [0, 0.05) is 16.6 Å². The summed E-state index contributed by atoms with van der Waals surface area (Å²) in [7, 11) is 0. The Kier molecular flexibility index (Phi) is 5.88. The Bertz CT molecular complexity index is 1500. The fraction of sp³-hybridized carbons (Fsp3) is 0.308. The van der Waals surface area contributed by atoms with Gasteiger partial charge in [0.2, 0.25) is 5.91 Å². The molecule has 0 bridgehead atoms. The van der Waals surface area contributed by atoms with Crippen LogP contribution in [-0.4, -0.2) is 52.6 Å². The van der Waals surface area contributed by atoms with Crippen LogP contribution in [0.1, 0.15) is 30.5 Å². The predicted molar refractivity (Wildman–Crippen MR) is 138 cm³/mol. The van der Waals surface area contributed by atoms with E-state index in [-0.39, 0.29) is 17.6 Å². The van der Waals surface area contributed by atoms with E-state index >= 15 is 0 Å². The van der Waals surface area contributed by atoms with Gasteiger partial charge in [0.15, 0.2) is 6.04 Å². The molecule has 11 heteroatoms. The molecule has 0 saturated carbocycles. The van der Waals surface area contributed by atoms with E-state index in [0.29, 0.717) is 48.6 Å². The topological polar surface area (TPSA) is 130 Å². The highest BCUT2D eigenvalue weighted by atomic mass is 32.2. The van der Waals surface area contributed by atoms with Crippen molar-refractivity contribution in [1.82, 2.24) is 9.88 Å². The standard InChI is InChI=1S/C26H24N4O6S/c31-20-13-37-19-8-7-15(11-18(19)28-20)29-12-16(36-26(29)35)4-2-10-27-22-17-5-1-3-14-6-9-21(32)30(23(14)17)24(22)25(33)34/h1,3,5-9,11,16,22,24,27H,2,4,10,12-13H2,(H,28,31)(H,33,34)/t16-,22-,24-/m1/s1. The number of anilines is 2. The number of fused-ring (bicyclic) bond motifs is 1. The van der Waals surface area contributed by atoms with Crippen molar-refractivity contribution in [1.29, 1.82) is 0 Å². The van der Waals surface area contributed by atoms with Crippen molar-refractivity contribution in [2.24, 2.45) is 0 Å². The number of aromatic nitrogens is 1. The number of thioether (sulfide) groups is 1. The fourth-order valence-corrected chi connectivity index (χ4v) is 6.16. The number of hydrogen-bond donors (Lipinski definition) is 3. The van der Waals surface area contributed by atoms with Crippen molar-refractivity contribution in [3.05, 3.63) is 64.4 Å². The van der Waals surface area contributed by atoms with E-state index < -0.39 is 24.1 Å². The molecule has 0 unspecified atom stereocenters. The molecule has 3 aliphatic heterocycles. The molecule has 3 aromatic rings. The van der Waals surface area contributed by atoms with Crippen LogP contribution in [-0.2, 0) is 14.3 Å². The number of hydrogen-bond acceptors (Lipinski definition) is 7. The van der Waals surface area contributed by atoms with Gasteiger partial charge in [-0.25, -0.2) is 9.59 Å². The van der Waals surface area contributed by atoms with Gasteiger partial charge in [0.05, 0.1) is 29.5 Å². The Morgan fingerprint density at radius 3 is 2.86 bits per heavy atom. The Morgan fingerprint density at radius 1 is 1.16 bits per heavy atom. The molecular formula is C26H24N4O6S. The van der Waals surface area contributed by atoms with Crippen molar-refractivity contribution in [3.8, 4) is 0 Å². The van der Waals surface area contributed by atoms with Crippen molar-refractivity contribution in [3.63, 3.8) is 0 Å². The largest absolute Gasteiger partial charge is 0.480 e. The quantitative estimate of drug-likeness (QED) is 0.405. The molecule has 3 aliphatic rings. The lowest BCUT2D eigenvalue weighted by Crippen LogP contribution is -2.35. The Balaban J connectivity index is 1.09. The molecule has 3 atom stereocenters. The molecule has 190 valence electrons. The zero-order chi connectivity index (χ0) is 25.7. The van der Waals surface area contributed by atoms with E-state index in [2.05, 4.69) is 10.6 Å². The minimum Gasteiger partial charge on any atom is -0.480 e. The number of benzene rings is 2. The minimum atomic E-state index is -1.07. The number of aliphatic carboxylic acids is 1. The molecule has 3 N–H and O–H groups in total. The second-order valence-electron chi connectivity index (χ2n) is 9.32. The molecule has 6 rings (SSSR count). The van der Waals surface area contributed by atoms with Gasteiger partial charge in [-0.05, 0) is 54.6 Å². The molecule has 0 spiro atoms. The van der Waals surface area contributed by atoms with Crippen LogP contribution in [0.5, 0.6) is 0 Å². The number of carbonyl (C=O) groups is 3. The maximum absolute atomic E-state index is 12.5. The molecule has 10 nitrogen and oxygen atoms in total. The van der Waals surface area contributed by atoms with Crippen LogP contribution in [0, 0.1) is 0 Å². The molecule has 37 heavy (non-hydrogen) atoms. The highest BCUT2D eigenvalue weighted by Crippen LogP contribution is 2.39. The molecule has 0 radical (unpaired) electrons. The lowest BCUT2D eigenvalue weighted by atomic mass is 10.0. The summed E-state index contributed by atoms with van der Waals surface area (Å²) in [6.45, 7) is 0.879. The van der Waals surface area contributed by atoms with Gasteiger partial charge < -0.3 is 20.5 Å². The first-order chi connectivity index (χ1) is 17.9. The van der Waals surface area contributed by atoms with E-state index in [1.54, 1.807) is 17.0 Å². The highest BCUT2D eigenvalue weighted by molar-refractivity contribution is 8.00. The second kappa shape index (κ2) is 9.24. The molecule has 4 heterocycles. The maximum atomic E-state index is 12.5. The number of ether oxygens (including phenoxy) is 1. The summed E-state index contributed by atoms with van der Waals surface area (Å²) in [4.78, 5) is 51.5. The van der Waals surface area contributed by atoms with Crippen molar-refractivity contribution in [2.45, 2.75) is 35.9 Å². The average molecular weight is 521 g/mol. The summed E-state index contributed by atoms with van der Waals surface area (Å²) in [6.07, 6.45) is 0.494. The Morgan fingerprint density at radius 2 is 2.03 bits per heavy atom. The number of rotatable bonds is 7. The number of carboxylic acid groups (broad SMARTS) is 1. The van der Waals surface area contributed by atoms with E-state index in [9.17, 15) is 24.3 Å². The first-order valence-corrected chi connectivity index (χ1v) is 13.0. The minimum absolute atomic E-state index is 0.0689. The summed E-state index contributed by atoms with van der Waals surface area (Å²) in [5, 5.41) is 16.9. The number of carbonyl (C=O) groups excluding carboxylic acids is 2. The number of cyclic esters (lactones) is 1. The smallest absolute Gasteiger partial charge is 0.414 e. The Hall–Kier alpha value is -3.83. The van der Waals surface area contributed by atoms with Crippen LogP contribution in [0.25, 0.3) is 10.9 Å². The molecule has 0 aliphatic carbocycles. The number of nitrogens with one attached hydrogen (secondary N) is 2. The van der Waals surface area contributed by atoms with E-state index in [4.69, 9.17) is 4.74 Å². The van der Waals surface area contributed by atoms with E-state index in [0.717, 1.165) is 15.8 Å². The molecule has 1 saturated heterocycles. The monoisotopic (exact) mass is 520 g/mol. The van der Waals surface area contributed by atoms with Gasteiger partial charge in [0.1, 0.15) is 6.10 Å². The maximum Gasteiger partial charge on any atom is 0.414 e. The van der Waals surface area contributed by atoms with Gasteiger partial charge in [-0.2, -0.15) is 0 Å². The van der Waals surface area contributed by atoms with Crippen LogP contribution in [0.3, 0.4) is 0 Å². The average Bonchev–Trinajstić information content (AvgIpc) is 3.42. The number of amides is 2. The van der Waals surface area contributed by atoms with Crippen LogP contribution in [0.2, 0.25) is 0 Å². The molecule has 1 fully saturated rings. The van der Waals surface area contributed by atoms with Crippen molar-refractivity contribution < 1.29 is 24.2 Å². The fourth-order valence-electron chi connectivity index (χ4n) is 5.37. The summed E-state index contributed by atoms with van der Waals surface area (Å²) >= 11 is 1.46. The number of para-hydroxylation sites is 1. The second-order valence-corrected chi connectivity index (χ2v) is 10.3. The third kappa shape index (κ3) is 4.13. The lowest BCUT2D eigenvalue weighted by molar-refractivity contribution is -0.141. The van der Waals surface area contributed by atoms with Gasteiger partial charge in [-0.1, -0.05) is 18.2 Å². The van der Waals surface area contributed by atoms with Crippen molar-refractivity contribution >= 4 is 52.0 Å². The summed E-state index contributed by atoms with van der Waals surface area (Å²) in [5.41, 5.74) is 2.46. The Labute approximate surface area is 215 Å². The summed E-state index contributed by atoms with van der Waals surface area (Å²) < 4.78 is 6.93. The zero-order valence-corrected chi connectivity index (χ0v) is 20.5. The lowest BCUT2D eigenvalue weighted by Gasteiger charge is -2.20. The van der Waals surface area contributed by atoms with Crippen LogP contribution < -0.4 is 21.1 Å². The van der Waals surface area contributed by atoms with Gasteiger partial charge in [-0.15, -0.1) is 11.8 Å². The van der Waals surface area contributed by atoms with Crippen LogP contribution in [0.15, 0.2) is 58.2 Å². The van der Waals surface area contributed by atoms with Gasteiger partial charge in [0.25, 0.3) is 5.56 Å². The normalized spacial score (nSPS) is 22.2.